The molecule has 0 bridgehead atoms. The summed E-state index contributed by atoms with van der Waals surface area (Å²) in [6.07, 6.45) is 1.85. The van der Waals surface area contributed by atoms with Gasteiger partial charge in [0.15, 0.2) is 28.4 Å². The predicted molar refractivity (Wildman–Crippen MR) is 117 cm³/mol. The first-order chi connectivity index (χ1) is 14.8. The number of nitrogen functional groups attached to an aromatic ring is 2. The van der Waals surface area contributed by atoms with Gasteiger partial charge in [0.2, 0.25) is 5.91 Å². The van der Waals surface area contributed by atoms with Gasteiger partial charge in [-0.05, 0) is 18.4 Å². The number of benzene rings is 1. The van der Waals surface area contributed by atoms with Crippen molar-refractivity contribution in [3.63, 3.8) is 0 Å². The summed E-state index contributed by atoms with van der Waals surface area (Å²) in [7, 11) is 0. The van der Waals surface area contributed by atoms with Gasteiger partial charge < -0.3 is 21.7 Å². The van der Waals surface area contributed by atoms with Crippen molar-refractivity contribution >= 4 is 41.0 Å². The molecular weight excluding hydrogens is 420 g/mol. The highest BCUT2D eigenvalue weighted by Crippen LogP contribution is 2.26. The maximum atomic E-state index is 12.6. The van der Waals surface area contributed by atoms with Crippen LogP contribution in [0.5, 0.6) is 0 Å². The lowest BCUT2D eigenvalue weighted by Gasteiger charge is -2.39. The van der Waals surface area contributed by atoms with E-state index in [-0.39, 0.29) is 33.9 Å². The normalized spacial score (nSPS) is 17.2. The third-order valence-corrected chi connectivity index (χ3v) is 5.82. The van der Waals surface area contributed by atoms with Gasteiger partial charge in [0.05, 0.1) is 18.5 Å². The summed E-state index contributed by atoms with van der Waals surface area (Å²) in [6, 6.07) is 9.71. The van der Waals surface area contributed by atoms with E-state index >= 15 is 0 Å². The van der Waals surface area contributed by atoms with Crippen molar-refractivity contribution in [1.82, 2.24) is 25.5 Å². The molecule has 1 spiro atoms. The Labute approximate surface area is 184 Å². The first-order valence-corrected chi connectivity index (χ1v) is 10.3. The molecule has 2 amide bonds. The number of hydrogen-bond donors (Lipinski definition) is 4. The van der Waals surface area contributed by atoms with E-state index in [0.717, 1.165) is 18.4 Å². The van der Waals surface area contributed by atoms with Gasteiger partial charge >= 0.3 is 0 Å². The molecule has 31 heavy (non-hydrogen) atoms. The van der Waals surface area contributed by atoms with Crippen LogP contribution in [0.1, 0.15) is 28.9 Å². The van der Waals surface area contributed by atoms with Gasteiger partial charge in [-0.1, -0.05) is 41.9 Å². The fourth-order valence-electron chi connectivity index (χ4n) is 3.76. The molecule has 3 heterocycles. The summed E-state index contributed by atoms with van der Waals surface area (Å²) in [6.45, 7) is 1.76. The second-order valence-electron chi connectivity index (χ2n) is 7.70. The van der Waals surface area contributed by atoms with Crippen molar-refractivity contribution in [3.8, 4) is 0 Å². The van der Waals surface area contributed by atoms with E-state index in [1.807, 2.05) is 35.2 Å². The topological polar surface area (TPSA) is 152 Å². The van der Waals surface area contributed by atoms with Crippen LogP contribution in [0.3, 0.4) is 0 Å². The number of likely N-dealkylation sites (tertiary alicyclic amines) is 1. The highest BCUT2D eigenvalue weighted by atomic mass is 35.5. The third-order valence-electron chi connectivity index (χ3n) is 5.55. The van der Waals surface area contributed by atoms with Crippen molar-refractivity contribution in [1.29, 1.82) is 0 Å². The third kappa shape index (κ3) is 4.53. The Balaban J connectivity index is 1.31. The van der Waals surface area contributed by atoms with E-state index in [0.29, 0.717) is 32.0 Å². The lowest BCUT2D eigenvalue weighted by atomic mass is 9.88. The molecule has 2 aliphatic rings. The molecule has 162 valence electrons. The summed E-state index contributed by atoms with van der Waals surface area (Å²) in [5.74, 6) is -0.283. The number of nitrogens with zero attached hydrogens (tertiary/aromatic N) is 4. The Bertz CT molecular complexity index is 1030. The van der Waals surface area contributed by atoms with Crippen LogP contribution in [-0.2, 0) is 11.2 Å². The number of nitrogens with one attached hydrogen (secondary N) is 2. The van der Waals surface area contributed by atoms with Crippen LogP contribution in [0.25, 0.3) is 0 Å². The Kier molecular flexibility index (Phi) is 5.64. The average Bonchev–Trinajstić information content (AvgIpc) is 3.13. The lowest BCUT2D eigenvalue weighted by molar-refractivity contribution is -0.132. The Morgan fingerprint density at radius 3 is 2.55 bits per heavy atom. The van der Waals surface area contributed by atoms with E-state index < -0.39 is 5.91 Å². The number of nitrogens with two attached hydrogens (primary N) is 2. The molecule has 2 aliphatic heterocycles. The van der Waals surface area contributed by atoms with Crippen LogP contribution >= 0.6 is 11.6 Å². The van der Waals surface area contributed by atoms with Crippen LogP contribution in [0, 0.1) is 0 Å². The van der Waals surface area contributed by atoms with Gasteiger partial charge in [0.25, 0.3) is 5.91 Å². The number of anilines is 2. The van der Waals surface area contributed by atoms with Gasteiger partial charge in [-0.15, -0.1) is 0 Å². The summed E-state index contributed by atoms with van der Waals surface area (Å²) in [5, 5.41) is 5.86. The zero-order chi connectivity index (χ0) is 22.0. The number of rotatable bonds is 3. The van der Waals surface area contributed by atoms with E-state index in [9.17, 15) is 9.59 Å². The quantitative estimate of drug-likeness (QED) is 0.542. The number of amides is 2. The number of hydrogen-bond acceptors (Lipinski definition) is 8. The zero-order valence-corrected chi connectivity index (χ0v) is 17.5. The number of guanidine groups is 1. The van der Waals surface area contributed by atoms with Gasteiger partial charge in [-0.3, -0.25) is 19.9 Å². The number of aromatic nitrogens is 2. The molecule has 10 nitrogen and oxygen atoms in total. The number of carbonyl (C=O) groups is 2. The highest BCUT2D eigenvalue weighted by Gasteiger charge is 2.40. The van der Waals surface area contributed by atoms with Gasteiger partial charge in [0.1, 0.15) is 0 Å². The number of halogens is 1. The largest absolute Gasteiger partial charge is 0.382 e. The monoisotopic (exact) mass is 442 g/mol. The summed E-state index contributed by atoms with van der Waals surface area (Å²) >= 11 is 5.84. The second-order valence-corrected chi connectivity index (χ2v) is 8.06. The van der Waals surface area contributed by atoms with E-state index in [4.69, 9.17) is 23.1 Å². The molecule has 0 aliphatic carbocycles. The molecule has 0 radical (unpaired) electrons. The Morgan fingerprint density at radius 1 is 1.13 bits per heavy atom. The van der Waals surface area contributed by atoms with E-state index in [1.165, 1.54) is 0 Å². The number of piperidine rings is 1. The fourth-order valence-corrected chi connectivity index (χ4v) is 3.88. The minimum atomic E-state index is -0.578. The highest BCUT2D eigenvalue weighted by molar-refractivity contribution is 6.31. The molecule has 1 aromatic carbocycles. The first kappa shape index (κ1) is 20.9. The Hall–Kier alpha value is -3.40. The van der Waals surface area contributed by atoms with Crippen LogP contribution in [0.15, 0.2) is 35.3 Å². The van der Waals surface area contributed by atoms with Crippen molar-refractivity contribution in [2.45, 2.75) is 24.8 Å². The van der Waals surface area contributed by atoms with E-state index in [2.05, 4.69) is 25.6 Å². The minimum absolute atomic E-state index is 0.0421. The first-order valence-electron chi connectivity index (χ1n) is 9.89. The minimum Gasteiger partial charge on any atom is -0.382 e. The predicted octanol–water partition coefficient (Wildman–Crippen LogP) is 0.587. The second kappa shape index (κ2) is 8.38. The summed E-state index contributed by atoms with van der Waals surface area (Å²) < 4.78 is 0. The van der Waals surface area contributed by atoms with Crippen LogP contribution < -0.4 is 22.1 Å². The van der Waals surface area contributed by atoms with Gasteiger partial charge in [0, 0.05) is 13.1 Å². The molecule has 6 N–H and O–H groups in total. The molecular formula is C20H23ClN8O2. The van der Waals surface area contributed by atoms with Crippen LogP contribution in [-0.4, -0.2) is 57.8 Å². The smallest absolute Gasteiger partial charge is 0.280 e. The van der Waals surface area contributed by atoms with Gasteiger partial charge in [-0.2, -0.15) is 0 Å². The average molecular weight is 443 g/mol. The maximum Gasteiger partial charge on any atom is 0.280 e. The lowest BCUT2D eigenvalue weighted by Crippen LogP contribution is -2.57. The van der Waals surface area contributed by atoms with E-state index in [1.54, 1.807) is 0 Å². The fraction of sp³-hybridized carbons (Fsp3) is 0.350. The Morgan fingerprint density at radius 2 is 1.84 bits per heavy atom. The van der Waals surface area contributed by atoms with Gasteiger partial charge in [-0.25, -0.2) is 9.97 Å². The number of carbonyl (C=O) groups excluding carboxylic acids is 2. The van der Waals surface area contributed by atoms with Crippen LogP contribution in [0.4, 0.5) is 11.6 Å². The van der Waals surface area contributed by atoms with Crippen molar-refractivity contribution in [3.05, 3.63) is 46.7 Å². The SMILES string of the molecule is Nc1nc(N)c(C(=O)NC2=NCC3(CCN(C(=O)Cc4ccccc4)CC3)N2)nc1Cl. The number of aliphatic imine (C=N–C) groups is 1. The summed E-state index contributed by atoms with van der Waals surface area (Å²) in [5.41, 5.74) is 11.9. The molecule has 1 saturated heterocycles. The molecule has 11 heteroatoms. The molecule has 0 unspecified atom stereocenters. The molecule has 0 saturated carbocycles. The zero-order valence-electron chi connectivity index (χ0n) is 16.8. The summed E-state index contributed by atoms with van der Waals surface area (Å²) in [4.78, 5) is 39.1. The van der Waals surface area contributed by atoms with Crippen LogP contribution in [0.2, 0.25) is 5.15 Å². The maximum absolute atomic E-state index is 12.6. The molecule has 1 aromatic heterocycles. The van der Waals surface area contributed by atoms with Crippen molar-refractivity contribution < 1.29 is 9.59 Å². The molecule has 1 fully saturated rings. The molecule has 4 rings (SSSR count). The molecule has 0 atom stereocenters. The molecule has 2 aromatic rings. The standard InChI is InChI=1S/C20H23ClN8O2/c21-15-17(23)26-16(22)14(25-15)18(31)27-19-24-11-20(28-19)6-8-29(9-7-20)13(30)10-12-4-2-1-3-5-12/h1-5H,6-11H2,(H4,22,23,26)(H2,24,27,28,31). The van der Waals surface area contributed by atoms with Crippen molar-refractivity contribution in [2.24, 2.45) is 4.99 Å². The van der Waals surface area contributed by atoms with Crippen molar-refractivity contribution in [2.75, 3.05) is 31.1 Å².